The second-order valence-corrected chi connectivity index (χ2v) is 6.79. The average Bonchev–Trinajstić information content (AvgIpc) is 2.91. The molecule has 1 aromatic rings. The molecule has 98 valence electrons. The van der Waals surface area contributed by atoms with Crippen molar-refractivity contribution in [1.29, 1.82) is 0 Å². The number of hydrogen-bond donors (Lipinski definition) is 1. The van der Waals surface area contributed by atoms with E-state index in [9.17, 15) is 0 Å². The van der Waals surface area contributed by atoms with Crippen LogP contribution in [-0.4, -0.2) is 22.3 Å². The van der Waals surface area contributed by atoms with Crippen LogP contribution in [0.4, 0.5) is 0 Å². The van der Waals surface area contributed by atoms with Crippen LogP contribution in [0.15, 0.2) is 0 Å². The summed E-state index contributed by atoms with van der Waals surface area (Å²) in [6, 6.07) is 0. The number of nitrogens with one attached hydrogen (secondary N) is 1. The predicted octanol–water partition coefficient (Wildman–Crippen LogP) is 2.81. The second-order valence-electron chi connectivity index (χ2n) is 5.48. The predicted molar refractivity (Wildman–Crippen MR) is 76.0 cm³/mol. The van der Waals surface area contributed by atoms with Crippen LogP contribution < -0.4 is 5.32 Å². The molecule has 3 nitrogen and oxygen atoms in total. The number of hydrogen-bond acceptors (Lipinski definition) is 4. The standard InChI is InChI=1S/C14H21N3S/c1-9(2)13-10-8-15-6-5-11(10)16-14(17-13)12-4-3-7-18-12/h9,12,15H,3-8H2,1-2H3. The summed E-state index contributed by atoms with van der Waals surface area (Å²) in [7, 11) is 0. The first-order valence-electron chi connectivity index (χ1n) is 6.97. The highest BCUT2D eigenvalue weighted by Gasteiger charge is 2.25. The minimum absolute atomic E-state index is 0.492. The maximum absolute atomic E-state index is 4.90. The molecule has 2 aliphatic rings. The highest BCUT2D eigenvalue weighted by atomic mass is 32.2. The van der Waals surface area contributed by atoms with Crippen molar-refractivity contribution in [2.75, 3.05) is 12.3 Å². The van der Waals surface area contributed by atoms with Crippen LogP contribution in [0.1, 0.15) is 60.6 Å². The molecule has 3 rings (SSSR count). The van der Waals surface area contributed by atoms with Crippen molar-refractivity contribution in [3.63, 3.8) is 0 Å². The summed E-state index contributed by atoms with van der Waals surface area (Å²) in [6.07, 6.45) is 3.62. The topological polar surface area (TPSA) is 37.8 Å². The minimum atomic E-state index is 0.492. The normalized spacial score (nSPS) is 23.4. The molecule has 4 heteroatoms. The van der Waals surface area contributed by atoms with Gasteiger partial charge >= 0.3 is 0 Å². The van der Waals surface area contributed by atoms with Gasteiger partial charge in [0.1, 0.15) is 5.82 Å². The fraction of sp³-hybridized carbons (Fsp3) is 0.714. The third kappa shape index (κ3) is 2.28. The summed E-state index contributed by atoms with van der Waals surface area (Å²) in [5, 5.41) is 3.98. The molecule has 1 atom stereocenters. The fourth-order valence-electron chi connectivity index (χ4n) is 2.79. The Morgan fingerprint density at radius 1 is 1.33 bits per heavy atom. The second kappa shape index (κ2) is 5.17. The van der Waals surface area contributed by atoms with E-state index in [2.05, 4.69) is 19.2 Å². The Balaban J connectivity index is 2.03. The summed E-state index contributed by atoms with van der Waals surface area (Å²) in [5.74, 6) is 2.86. The molecule has 0 saturated carbocycles. The zero-order chi connectivity index (χ0) is 12.5. The van der Waals surface area contributed by atoms with Crippen LogP contribution in [0.2, 0.25) is 0 Å². The van der Waals surface area contributed by atoms with Crippen LogP contribution in [0, 0.1) is 0 Å². The van der Waals surface area contributed by atoms with Gasteiger partial charge in [0, 0.05) is 25.1 Å². The summed E-state index contributed by atoms with van der Waals surface area (Å²) in [6.45, 7) is 6.48. The van der Waals surface area contributed by atoms with Crippen molar-refractivity contribution >= 4 is 11.8 Å². The van der Waals surface area contributed by atoms with Gasteiger partial charge in [-0.3, -0.25) is 0 Å². The number of nitrogens with zero attached hydrogens (tertiary/aromatic N) is 2. The van der Waals surface area contributed by atoms with Crippen LogP contribution in [0.5, 0.6) is 0 Å². The molecule has 3 heterocycles. The number of fused-ring (bicyclic) bond motifs is 1. The molecule has 1 aromatic heterocycles. The Kier molecular flexibility index (Phi) is 3.57. The molecule has 0 aliphatic carbocycles. The minimum Gasteiger partial charge on any atom is -0.312 e. The van der Waals surface area contributed by atoms with Gasteiger partial charge in [-0.25, -0.2) is 9.97 Å². The lowest BCUT2D eigenvalue weighted by Gasteiger charge is -2.22. The van der Waals surface area contributed by atoms with E-state index < -0.39 is 0 Å². The molecule has 1 N–H and O–H groups in total. The first-order chi connectivity index (χ1) is 8.75. The molecule has 0 amide bonds. The summed E-state index contributed by atoms with van der Waals surface area (Å²) < 4.78 is 0. The highest BCUT2D eigenvalue weighted by Crippen LogP contribution is 2.39. The van der Waals surface area contributed by atoms with Crippen molar-refractivity contribution < 1.29 is 0 Å². The molecular weight excluding hydrogens is 242 g/mol. The van der Waals surface area contributed by atoms with Gasteiger partial charge in [0.25, 0.3) is 0 Å². The van der Waals surface area contributed by atoms with Crippen molar-refractivity contribution in [2.24, 2.45) is 0 Å². The fourth-order valence-corrected chi connectivity index (χ4v) is 4.00. The van der Waals surface area contributed by atoms with Crippen molar-refractivity contribution in [3.05, 3.63) is 22.8 Å². The Morgan fingerprint density at radius 3 is 2.94 bits per heavy atom. The molecule has 0 bridgehead atoms. The maximum Gasteiger partial charge on any atom is 0.141 e. The van der Waals surface area contributed by atoms with Crippen molar-refractivity contribution in [2.45, 2.75) is 50.8 Å². The Bertz CT molecular complexity index is 439. The summed E-state index contributed by atoms with van der Waals surface area (Å²) >= 11 is 2.03. The van der Waals surface area contributed by atoms with Crippen LogP contribution in [0.25, 0.3) is 0 Å². The number of rotatable bonds is 2. The smallest absolute Gasteiger partial charge is 0.141 e. The van der Waals surface area contributed by atoms with Gasteiger partial charge in [-0.1, -0.05) is 13.8 Å². The summed E-state index contributed by atoms with van der Waals surface area (Å²) in [4.78, 5) is 9.76. The lowest BCUT2D eigenvalue weighted by atomic mass is 9.98. The van der Waals surface area contributed by atoms with Gasteiger partial charge < -0.3 is 5.32 Å². The quantitative estimate of drug-likeness (QED) is 0.890. The van der Waals surface area contributed by atoms with E-state index in [0.29, 0.717) is 11.2 Å². The molecule has 1 fully saturated rings. The largest absolute Gasteiger partial charge is 0.312 e. The lowest BCUT2D eigenvalue weighted by Crippen LogP contribution is -2.27. The van der Waals surface area contributed by atoms with E-state index >= 15 is 0 Å². The first-order valence-corrected chi connectivity index (χ1v) is 8.02. The number of aromatic nitrogens is 2. The summed E-state index contributed by atoms with van der Waals surface area (Å²) in [5.41, 5.74) is 3.94. The van der Waals surface area contributed by atoms with Gasteiger partial charge in [0.15, 0.2) is 0 Å². The zero-order valence-electron chi connectivity index (χ0n) is 11.2. The third-order valence-corrected chi connectivity index (χ3v) is 5.12. The molecule has 1 unspecified atom stereocenters. The first kappa shape index (κ1) is 12.4. The van der Waals surface area contributed by atoms with Crippen molar-refractivity contribution in [3.8, 4) is 0 Å². The van der Waals surface area contributed by atoms with Crippen LogP contribution in [0.3, 0.4) is 0 Å². The van der Waals surface area contributed by atoms with Crippen LogP contribution in [-0.2, 0) is 13.0 Å². The van der Waals surface area contributed by atoms with E-state index in [1.807, 2.05) is 11.8 Å². The van der Waals surface area contributed by atoms with Gasteiger partial charge in [-0.15, -0.1) is 0 Å². The molecule has 0 aromatic carbocycles. The van der Waals surface area contributed by atoms with E-state index in [4.69, 9.17) is 9.97 Å². The van der Waals surface area contributed by atoms with E-state index in [1.165, 1.54) is 35.5 Å². The Hall–Kier alpha value is -0.610. The molecular formula is C14H21N3S. The monoisotopic (exact) mass is 263 g/mol. The van der Waals surface area contributed by atoms with Gasteiger partial charge in [-0.2, -0.15) is 11.8 Å². The maximum atomic E-state index is 4.90. The van der Waals surface area contributed by atoms with Crippen molar-refractivity contribution in [1.82, 2.24) is 15.3 Å². The van der Waals surface area contributed by atoms with Crippen LogP contribution >= 0.6 is 11.8 Å². The molecule has 0 spiro atoms. The highest BCUT2D eigenvalue weighted by molar-refractivity contribution is 7.99. The van der Waals surface area contributed by atoms with Gasteiger partial charge in [0.05, 0.1) is 16.6 Å². The average molecular weight is 263 g/mol. The van der Waals surface area contributed by atoms with Gasteiger partial charge in [0.2, 0.25) is 0 Å². The molecule has 2 aliphatic heterocycles. The van der Waals surface area contributed by atoms with Gasteiger partial charge in [-0.05, 0) is 24.5 Å². The molecule has 18 heavy (non-hydrogen) atoms. The van der Waals surface area contributed by atoms with E-state index in [1.54, 1.807) is 0 Å². The molecule has 1 saturated heterocycles. The lowest BCUT2D eigenvalue weighted by molar-refractivity contribution is 0.597. The SMILES string of the molecule is CC(C)c1nc(C2CCCS2)nc2c1CNCC2. The van der Waals surface area contributed by atoms with E-state index in [0.717, 1.165) is 25.3 Å². The van der Waals surface area contributed by atoms with E-state index in [-0.39, 0.29) is 0 Å². The Morgan fingerprint density at radius 2 is 2.22 bits per heavy atom. The zero-order valence-corrected chi connectivity index (χ0v) is 12.0. The Labute approximate surface area is 113 Å². The number of thioether (sulfide) groups is 1. The molecule has 0 radical (unpaired) electrons. The third-order valence-electron chi connectivity index (χ3n) is 3.75.